The van der Waals surface area contributed by atoms with Crippen LogP contribution in [-0.2, 0) is 55.9 Å². The van der Waals surface area contributed by atoms with Crippen molar-refractivity contribution in [3.05, 3.63) is 71.5 Å². The SMILES string of the molecule is CC[C@H]1OC(=O)[C@H](C)[C@@H](O/C=C\Cc2cncnc2)[C@H](C)[C@@H](O[C@@H]2O[C@H](C)C[C@H](N(C)C)[C@H]2OC(C)=O)[C@](C)(OC)C[C@@H](C)/C(=N\OCc2ccccc2Cl)[C@H](C)[C@@H](O)[C@]1(C)O. The van der Waals surface area contributed by atoms with Crippen LogP contribution in [0.15, 0.2) is 60.5 Å². The molecule has 3 heterocycles. The number of benzene rings is 1. The van der Waals surface area contributed by atoms with Gasteiger partial charge >= 0.3 is 11.9 Å². The standard InChI is InChI=1S/C46H69ClN4O11/c1-13-37-46(9,55)41(53)29(4)38(50-58-25-34-18-14-15-19-35(34)47)27(2)22-45(8,56-12)42(62-44-40(60-32(7)52)36(51(10)11)21-28(3)59-44)30(5)39(31(6)43(54)61-37)57-20-16-17-33-23-48-26-49-24-33/h14-16,18-20,23-24,26-31,36-37,39-42,44,53,55H,13,17,21-22,25H2,1-12H3/b20-16-,50-38+/t27-,28-,29+,30+,31-,36+,37-,39+,40-,41-,42-,44+,45-,46-/m1/s1. The van der Waals surface area contributed by atoms with Gasteiger partial charge in [0.2, 0.25) is 0 Å². The highest BCUT2D eigenvalue weighted by atomic mass is 35.5. The third-order valence-corrected chi connectivity index (χ3v) is 12.8. The molecule has 2 fully saturated rings. The van der Waals surface area contributed by atoms with Gasteiger partial charge in [-0.25, -0.2) is 9.97 Å². The molecule has 0 saturated carbocycles. The summed E-state index contributed by atoms with van der Waals surface area (Å²) in [6.45, 7) is 15.7. The molecule has 0 spiro atoms. The minimum atomic E-state index is -1.92. The molecule has 1 aromatic heterocycles. The zero-order valence-corrected chi connectivity index (χ0v) is 39.2. The van der Waals surface area contributed by atoms with Crippen LogP contribution in [0.5, 0.6) is 0 Å². The minimum Gasteiger partial charge on any atom is -0.497 e. The van der Waals surface area contributed by atoms with Crippen molar-refractivity contribution in [3.8, 4) is 0 Å². The van der Waals surface area contributed by atoms with Gasteiger partial charge in [0.1, 0.15) is 30.7 Å². The number of aliphatic hydroxyl groups excluding tert-OH is 1. The van der Waals surface area contributed by atoms with Gasteiger partial charge in [-0.05, 0) is 85.2 Å². The van der Waals surface area contributed by atoms with E-state index in [1.165, 1.54) is 26.4 Å². The number of esters is 2. The number of cyclic esters (lactones) is 1. The fourth-order valence-electron chi connectivity index (χ4n) is 8.86. The number of aromatic nitrogens is 2. The van der Waals surface area contributed by atoms with Crippen molar-refractivity contribution in [2.45, 2.75) is 155 Å². The number of methoxy groups -OCH3 is 1. The summed E-state index contributed by atoms with van der Waals surface area (Å²) in [5.74, 6) is -4.04. The van der Waals surface area contributed by atoms with Gasteiger partial charge in [-0.3, -0.25) is 9.59 Å². The van der Waals surface area contributed by atoms with Crippen LogP contribution < -0.4 is 0 Å². The number of oxime groups is 1. The van der Waals surface area contributed by atoms with Gasteiger partial charge in [-0.15, -0.1) is 0 Å². The van der Waals surface area contributed by atoms with E-state index < -0.39 is 83.6 Å². The Kier molecular flexibility index (Phi) is 18.7. The smallest absolute Gasteiger partial charge is 0.312 e. The molecule has 4 rings (SSSR count). The summed E-state index contributed by atoms with van der Waals surface area (Å²) in [6, 6.07) is 7.00. The maximum atomic E-state index is 14.4. The maximum absolute atomic E-state index is 14.4. The first-order valence-corrected chi connectivity index (χ1v) is 21.9. The Labute approximate surface area is 372 Å². The molecule has 2 N–H and O–H groups in total. The quantitative estimate of drug-likeness (QED) is 0.130. The number of nitrogens with zero attached hydrogens (tertiary/aromatic N) is 4. The van der Waals surface area contributed by atoms with Crippen LogP contribution in [0.25, 0.3) is 0 Å². The predicted octanol–water partition coefficient (Wildman–Crippen LogP) is 6.31. The molecule has 2 aliphatic heterocycles. The first-order chi connectivity index (χ1) is 29.2. The van der Waals surface area contributed by atoms with E-state index in [9.17, 15) is 19.8 Å². The number of rotatable bonds is 13. The molecule has 0 unspecified atom stereocenters. The summed E-state index contributed by atoms with van der Waals surface area (Å²) in [5, 5.41) is 29.3. The first-order valence-electron chi connectivity index (χ1n) is 21.5. The van der Waals surface area contributed by atoms with Gasteiger partial charge in [0.25, 0.3) is 0 Å². The zero-order chi connectivity index (χ0) is 45.9. The molecule has 0 bridgehead atoms. The molecule has 0 radical (unpaired) electrons. The number of hydrogen-bond acceptors (Lipinski definition) is 15. The third kappa shape index (κ3) is 12.7. The number of allylic oxidation sites excluding steroid dienone is 1. The number of carbonyl (C=O) groups excluding carboxylic acids is 2. The maximum Gasteiger partial charge on any atom is 0.312 e. The Hall–Kier alpha value is -3.70. The average molecular weight is 890 g/mol. The summed E-state index contributed by atoms with van der Waals surface area (Å²) >= 11 is 6.45. The van der Waals surface area contributed by atoms with E-state index in [1.54, 1.807) is 52.4 Å². The van der Waals surface area contributed by atoms with Gasteiger partial charge in [0.15, 0.2) is 12.4 Å². The normalized spacial score (nSPS) is 35.9. The number of aliphatic hydroxyl groups is 2. The third-order valence-electron chi connectivity index (χ3n) is 12.4. The molecule has 62 heavy (non-hydrogen) atoms. The molecule has 2 saturated heterocycles. The zero-order valence-electron chi connectivity index (χ0n) is 38.4. The largest absolute Gasteiger partial charge is 0.497 e. The molecule has 14 atom stereocenters. The number of halogens is 1. The lowest BCUT2D eigenvalue weighted by Crippen LogP contribution is -2.61. The Morgan fingerprint density at radius 3 is 2.37 bits per heavy atom. The van der Waals surface area contributed by atoms with Crippen LogP contribution in [-0.4, -0.2) is 124 Å². The second-order valence-corrected chi connectivity index (χ2v) is 18.0. The number of likely N-dealkylation sites (N-methyl/N-ethyl adjacent to an activating group) is 1. The van der Waals surface area contributed by atoms with Crippen molar-refractivity contribution in [1.29, 1.82) is 0 Å². The van der Waals surface area contributed by atoms with Crippen LogP contribution in [0, 0.1) is 23.7 Å². The van der Waals surface area contributed by atoms with E-state index in [-0.39, 0.29) is 31.6 Å². The van der Waals surface area contributed by atoms with E-state index in [2.05, 4.69) is 15.1 Å². The van der Waals surface area contributed by atoms with Crippen molar-refractivity contribution in [1.82, 2.24) is 14.9 Å². The molecule has 1 aromatic carbocycles. The van der Waals surface area contributed by atoms with Gasteiger partial charge in [0, 0.05) is 54.8 Å². The summed E-state index contributed by atoms with van der Waals surface area (Å²) in [6.07, 6.45) is 3.06. The van der Waals surface area contributed by atoms with Crippen LogP contribution in [0.1, 0.15) is 92.7 Å². The number of carbonyl (C=O) groups is 2. The topological polar surface area (TPSA) is 181 Å². The van der Waals surface area contributed by atoms with Crippen molar-refractivity contribution in [3.63, 3.8) is 0 Å². The fourth-order valence-corrected chi connectivity index (χ4v) is 9.05. The second-order valence-electron chi connectivity index (χ2n) is 17.6. The molecule has 2 aromatic rings. The van der Waals surface area contributed by atoms with E-state index in [0.717, 1.165) is 5.56 Å². The van der Waals surface area contributed by atoms with Gasteiger partial charge < -0.3 is 48.4 Å². The summed E-state index contributed by atoms with van der Waals surface area (Å²) in [4.78, 5) is 43.2. The molecule has 16 heteroatoms. The Bertz CT molecular complexity index is 1800. The van der Waals surface area contributed by atoms with Crippen molar-refractivity contribution in [2.24, 2.45) is 28.8 Å². The molecule has 0 amide bonds. The van der Waals surface area contributed by atoms with E-state index in [0.29, 0.717) is 29.1 Å². The summed E-state index contributed by atoms with van der Waals surface area (Å²) in [7, 11) is 5.40. The second kappa shape index (κ2) is 22.8. The lowest BCUT2D eigenvalue weighted by atomic mass is 9.73. The van der Waals surface area contributed by atoms with Crippen molar-refractivity contribution < 1.29 is 53.1 Å². The summed E-state index contributed by atoms with van der Waals surface area (Å²) in [5.41, 5.74) is -1.15. The Morgan fingerprint density at radius 1 is 1.08 bits per heavy atom. The van der Waals surface area contributed by atoms with Crippen LogP contribution in [0.4, 0.5) is 0 Å². The first kappa shape index (κ1) is 50.9. The molecular weight excluding hydrogens is 820 g/mol. The molecule has 15 nitrogen and oxygen atoms in total. The van der Waals surface area contributed by atoms with Gasteiger partial charge in [-0.2, -0.15) is 0 Å². The molecule has 2 aliphatic rings. The number of ether oxygens (including phenoxy) is 6. The average Bonchev–Trinajstić information content (AvgIpc) is 3.23. The Balaban J connectivity index is 1.90. The van der Waals surface area contributed by atoms with Crippen molar-refractivity contribution >= 4 is 29.3 Å². The fraction of sp³-hybridized carbons (Fsp3) is 0.674. The van der Waals surface area contributed by atoms with Crippen LogP contribution >= 0.6 is 11.6 Å². The lowest BCUT2D eigenvalue weighted by Gasteiger charge is -2.49. The monoisotopic (exact) mass is 888 g/mol. The van der Waals surface area contributed by atoms with E-state index in [1.807, 2.05) is 64.9 Å². The highest BCUT2D eigenvalue weighted by Crippen LogP contribution is 2.41. The van der Waals surface area contributed by atoms with E-state index in [4.69, 9.17) is 44.9 Å². The highest BCUT2D eigenvalue weighted by Gasteiger charge is 2.53. The molecule has 0 aliphatic carbocycles. The van der Waals surface area contributed by atoms with E-state index >= 15 is 0 Å². The Morgan fingerprint density at radius 2 is 1.76 bits per heavy atom. The summed E-state index contributed by atoms with van der Waals surface area (Å²) < 4.78 is 38.7. The molecular formula is C46H69ClN4O11. The van der Waals surface area contributed by atoms with Gasteiger partial charge in [-0.1, -0.05) is 62.7 Å². The van der Waals surface area contributed by atoms with Crippen LogP contribution in [0.2, 0.25) is 5.02 Å². The predicted molar refractivity (Wildman–Crippen MR) is 234 cm³/mol. The van der Waals surface area contributed by atoms with Gasteiger partial charge in [0.05, 0.1) is 47.8 Å². The van der Waals surface area contributed by atoms with Crippen molar-refractivity contribution in [2.75, 3.05) is 21.2 Å². The highest BCUT2D eigenvalue weighted by molar-refractivity contribution is 6.31. The molecule has 346 valence electrons. The lowest BCUT2D eigenvalue weighted by molar-refractivity contribution is -0.303. The van der Waals surface area contributed by atoms with Crippen LogP contribution in [0.3, 0.4) is 0 Å². The minimum absolute atomic E-state index is 0.0398. The number of hydrogen-bond donors (Lipinski definition) is 2.